The number of ether oxygens (including phenoxy) is 1. The van der Waals surface area contributed by atoms with Crippen molar-refractivity contribution >= 4 is 17.5 Å². The van der Waals surface area contributed by atoms with Crippen LogP contribution in [0.4, 0.5) is 4.39 Å². The third-order valence-corrected chi connectivity index (χ3v) is 3.95. The number of amides is 1. The van der Waals surface area contributed by atoms with Gasteiger partial charge in [-0.2, -0.15) is 0 Å². The Labute approximate surface area is 134 Å². The summed E-state index contributed by atoms with van der Waals surface area (Å²) in [4.78, 5) is 11.9. The third kappa shape index (κ3) is 4.06. The lowest BCUT2D eigenvalue weighted by molar-refractivity contribution is -0.122. The molecule has 0 unspecified atom stereocenters. The van der Waals surface area contributed by atoms with Gasteiger partial charge in [0.2, 0.25) is 5.91 Å². The van der Waals surface area contributed by atoms with Gasteiger partial charge in [0.05, 0.1) is 17.2 Å². The summed E-state index contributed by atoms with van der Waals surface area (Å²) in [7, 11) is 0. The first-order valence-corrected chi connectivity index (χ1v) is 7.62. The van der Waals surface area contributed by atoms with Crippen LogP contribution in [0.15, 0.2) is 30.9 Å². The lowest BCUT2D eigenvalue weighted by atomic mass is 10.0. The van der Waals surface area contributed by atoms with Gasteiger partial charge in [-0.15, -0.1) is 6.58 Å². The smallest absolute Gasteiger partial charge is 0.237 e. The summed E-state index contributed by atoms with van der Waals surface area (Å²) in [6, 6.07) is 4.23. The quantitative estimate of drug-likeness (QED) is 0.790. The second-order valence-corrected chi connectivity index (χ2v) is 5.69. The van der Waals surface area contributed by atoms with Crippen LogP contribution in [-0.4, -0.2) is 31.1 Å². The molecule has 1 heterocycles. The van der Waals surface area contributed by atoms with Crippen LogP contribution in [-0.2, 0) is 9.53 Å². The molecule has 0 saturated carbocycles. The number of hydrogen-bond acceptors (Lipinski definition) is 3. The van der Waals surface area contributed by atoms with Crippen LogP contribution in [0.3, 0.4) is 0 Å². The van der Waals surface area contributed by atoms with Gasteiger partial charge in [-0.1, -0.05) is 23.7 Å². The molecule has 0 aliphatic carbocycles. The molecule has 1 aliphatic rings. The summed E-state index contributed by atoms with van der Waals surface area (Å²) in [6.07, 6.45) is 2.10. The summed E-state index contributed by atoms with van der Waals surface area (Å²) >= 11 is 5.71. The summed E-state index contributed by atoms with van der Waals surface area (Å²) in [5.74, 6) is -0.571. The highest BCUT2D eigenvalue weighted by Gasteiger charge is 2.32. The molecule has 1 fully saturated rings. The van der Waals surface area contributed by atoms with Crippen LogP contribution in [0.1, 0.15) is 25.0 Å². The minimum absolute atomic E-state index is 0.0509. The van der Waals surface area contributed by atoms with Crippen molar-refractivity contribution in [2.24, 2.45) is 0 Å². The van der Waals surface area contributed by atoms with Gasteiger partial charge in [-0.3, -0.25) is 4.79 Å². The summed E-state index contributed by atoms with van der Waals surface area (Å²) in [5.41, 5.74) is 0.718. The van der Waals surface area contributed by atoms with Crippen molar-refractivity contribution in [3.8, 4) is 0 Å². The van der Waals surface area contributed by atoms with E-state index in [9.17, 15) is 9.18 Å². The van der Waals surface area contributed by atoms with Gasteiger partial charge in [0, 0.05) is 19.2 Å². The largest absolute Gasteiger partial charge is 0.372 e. The van der Waals surface area contributed by atoms with E-state index < -0.39 is 5.82 Å². The highest BCUT2D eigenvalue weighted by atomic mass is 35.5. The maximum absolute atomic E-state index is 13.6. The van der Waals surface area contributed by atoms with Crippen molar-refractivity contribution < 1.29 is 13.9 Å². The van der Waals surface area contributed by atoms with Crippen LogP contribution in [0.2, 0.25) is 5.02 Å². The first-order chi connectivity index (χ1) is 10.5. The van der Waals surface area contributed by atoms with Crippen LogP contribution in [0.25, 0.3) is 0 Å². The Balaban J connectivity index is 2.02. The van der Waals surface area contributed by atoms with E-state index in [1.807, 2.05) is 0 Å². The molecular formula is C16H20ClFN2O2. The zero-order chi connectivity index (χ0) is 16.1. The molecule has 6 heteroatoms. The molecule has 0 spiro atoms. The summed E-state index contributed by atoms with van der Waals surface area (Å²) < 4.78 is 19.3. The fraction of sp³-hybridized carbons (Fsp3) is 0.438. The van der Waals surface area contributed by atoms with Crippen LogP contribution in [0.5, 0.6) is 0 Å². The normalized spacial score (nSPS) is 22.3. The van der Waals surface area contributed by atoms with Gasteiger partial charge in [-0.25, -0.2) is 4.39 Å². The predicted octanol–water partition coefficient (Wildman–Crippen LogP) is 2.59. The lowest BCUT2D eigenvalue weighted by Gasteiger charge is -2.24. The number of carbonyl (C=O) groups excluding carboxylic acids is 1. The van der Waals surface area contributed by atoms with Gasteiger partial charge in [0.1, 0.15) is 5.82 Å². The van der Waals surface area contributed by atoms with Crippen LogP contribution < -0.4 is 10.6 Å². The van der Waals surface area contributed by atoms with Crippen molar-refractivity contribution in [1.82, 2.24) is 10.6 Å². The number of benzene rings is 1. The number of hydrogen-bond donors (Lipinski definition) is 2. The van der Waals surface area contributed by atoms with Gasteiger partial charge in [0.15, 0.2) is 0 Å². The number of halogens is 2. The molecule has 1 amide bonds. The Morgan fingerprint density at radius 1 is 1.64 bits per heavy atom. The topological polar surface area (TPSA) is 50.4 Å². The second-order valence-electron chi connectivity index (χ2n) is 5.28. The zero-order valence-electron chi connectivity index (χ0n) is 12.4. The van der Waals surface area contributed by atoms with E-state index in [0.29, 0.717) is 13.2 Å². The minimum atomic E-state index is -0.467. The van der Waals surface area contributed by atoms with E-state index in [4.69, 9.17) is 16.3 Å². The summed E-state index contributed by atoms with van der Waals surface area (Å²) in [6.45, 7) is 6.34. The standard InChI is InChI=1S/C16H20ClFN2O2/c1-3-7-19-16(21)10(2)20-14-6-8-22-15(14)11-4-5-12(17)13(18)9-11/h3-5,9-10,14-15,20H,1,6-8H2,2H3,(H,19,21)/t10-,14-,15-/m0/s1. The molecule has 0 bridgehead atoms. The van der Waals surface area contributed by atoms with Gasteiger partial charge in [0.25, 0.3) is 0 Å². The Kier molecular flexibility index (Phi) is 5.94. The Hall–Kier alpha value is -1.43. The first-order valence-electron chi connectivity index (χ1n) is 7.24. The molecule has 120 valence electrons. The van der Waals surface area contributed by atoms with Crippen LogP contribution >= 0.6 is 11.6 Å². The van der Waals surface area contributed by atoms with Crippen molar-refractivity contribution in [3.05, 3.63) is 47.3 Å². The summed E-state index contributed by atoms with van der Waals surface area (Å²) in [5, 5.41) is 6.07. The van der Waals surface area contributed by atoms with Crippen molar-refractivity contribution in [2.75, 3.05) is 13.2 Å². The minimum Gasteiger partial charge on any atom is -0.372 e. The zero-order valence-corrected chi connectivity index (χ0v) is 13.2. The van der Waals surface area contributed by atoms with Gasteiger partial charge < -0.3 is 15.4 Å². The molecule has 1 aliphatic heterocycles. The average Bonchev–Trinajstić information content (AvgIpc) is 2.95. The average molecular weight is 327 g/mol. The molecule has 4 nitrogen and oxygen atoms in total. The predicted molar refractivity (Wildman–Crippen MR) is 84.3 cm³/mol. The van der Waals surface area contributed by atoms with Crippen LogP contribution in [0, 0.1) is 5.82 Å². The molecule has 2 N–H and O–H groups in total. The Morgan fingerprint density at radius 3 is 3.09 bits per heavy atom. The SMILES string of the molecule is C=CCNC(=O)[C@H](C)N[C@H]1CCO[C@H]1c1ccc(Cl)c(F)c1. The molecule has 0 radical (unpaired) electrons. The highest BCUT2D eigenvalue weighted by molar-refractivity contribution is 6.30. The van der Waals surface area contributed by atoms with E-state index in [2.05, 4.69) is 17.2 Å². The van der Waals surface area contributed by atoms with E-state index in [0.717, 1.165) is 12.0 Å². The van der Waals surface area contributed by atoms with Crippen molar-refractivity contribution in [1.29, 1.82) is 0 Å². The van der Waals surface area contributed by atoms with Gasteiger partial charge in [-0.05, 0) is 31.0 Å². The Morgan fingerprint density at radius 2 is 2.41 bits per heavy atom. The third-order valence-electron chi connectivity index (χ3n) is 3.64. The first kappa shape index (κ1) is 16.9. The lowest BCUT2D eigenvalue weighted by Crippen LogP contribution is -2.47. The number of rotatable bonds is 6. The fourth-order valence-electron chi connectivity index (χ4n) is 2.50. The van der Waals surface area contributed by atoms with Gasteiger partial charge >= 0.3 is 0 Å². The second kappa shape index (κ2) is 7.72. The van der Waals surface area contributed by atoms with E-state index in [1.54, 1.807) is 19.1 Å². The Bertz CT molecular complexity index is 553. The molecule has 1 saturated heterocycles. The molecule has 2 rings (SSSR count). The maximum atomic E-state index is 13.6. The molecule has 1 aromatic carbocycles. The van der Waals surface area contributed by atoms with E-state index >= 15 is 0 Å². The fourth-order valence-corrected chi connectivity index (χ4v) is 2.62. The number of nitrogens with one attached hydrogen (secondary N) is 2. The molecule has 22 heavy (non-hydrogen) atoms. The highest BCUT2D eigenvalue weighted by Crippen LogP contribution is 2.31. The molecule has 0 aromatic heterocycles. The molecular weight excluding hydrogens is 307 g/mol. The van der Waals surface area contributed by atoms with E-state index in [1.165, 1.54) is 12.1 Å². The maximum Gasteiger partial charge on any atom is 0.237 e. The van der Waals surface area contributed by atoms with E-state index in [-0.39, 0.29) is 29.1 Å². The van der Waals surface area contributed by atoms with Crippen molar-refractivity contribution in [2.45, 2.75) is 31.5 Å². The molecule has 1 aromatic rings. The monoisotopic (exact) mass is 326 g/mol. The molecule has 3 atom stereocenters. The van der Waals surface area contributed by atoms with Crippen molar-refractivity contribution in [3.63, 3.8) is 0 Å². The number of carbonyl (C=O) groups is 1.